The highest BCUT2D eigenvalue weighted by molar-refractivity contribution is 6.31. The summed E-state index contributed by atoms with van der Waals surface area (Å²) in [5, 5.41) is 4.45. The molecule has 0 saturated carbocycles. The fraction of sp³-hybridized carbons (Fsp3) is 0.304. The highest BCUT2D eigenvalue weighted by Gasteiger charge is 2.25. The molecule has 0 spiro atoms. The first-order valence-electron chi connectivity index (χ1n) is 9.99. The fourth-order valence-corrected chi connectivity index (χ4v) is 4.22. The molecule has 6 nitrogen and oxygen atoms in total. The third-order valence-electron chi connectivity index (χ3n) is 5.61. The van der Waals surface area contributed by atoms with Gasteiger partial charge in [0.05, 0.1) is 30.3 Å². The number of hydrogen-bond acceptors (Lipinski definition) is 4. The summed E-state index contributed by atoms with van der Waals surface area (Å²) in [6.07, 6.45) is 0. The van der Waals surface area contributed by atoms with Crippen molar-refractivity contribution in [3.05, 3.63) is 81.1 Å². The van der Waals surface area contributed by atoms with Crippen molar-refractivity contribution in [3.63, 3.8) is 0 Å². The van der Waals surface area contributed by atoms with Gasteiger partial charge in [-0.2, -0.15) is 0 Å². The molecule has 1 aliphatic rings. The van der Waals surface area contributed by atoms with Crippen LogP contribution in [0.2, 0.25) is 5.02 Å². The van der Waals surface area contributed by atoms with Crippen LogP contribution in [0.5, 0.6) is 0 Å². The van der Waals surface area contributed by atoms with Crippen molar-refractivity contribution < 1.29 is 9.53 Å². The van der Waals surface area contributed by atoms with E-state index < -0.39 is 0 Å². The predicted octanol–water partition coefficient (Wildman–Crippen LogP) is 3.00. The topological polar surface area (TPSA) is 63.6 Å². The molecule has 0 bridgehead atoms. The summed E-state index contributed by atoms with van der Waals surface area (Å²) in [4.78, 5) is 27.7. The molecule has 4 rings (SSSR count). The van der Waals surface area contributed by atoms with E-state index in [0.29, 0.717) is 30.3 Å². The van der Waals surface area contributed by atoms with Gasteiger partial charge < -0.3 is 14.6 Å². The molecule has 0 radical (unpaired) electrons. The number of aromatic nitrogens is 1. The molecule has 2 heterocycles. The van der Waals surface area contributed by atoms with Gasteiger partial charge in [-0.25, -0.2) is 0 Å². The van der Waals surface area contributed by atoms with Gasteiger partial charge in [0.15, 0.2) is 0 Å². The van der Waals surface area contributed by atoms with Crippen LogP contribution >= 0.6 is 11.6 Å². The number of amides is 1. The molecular formula is C23H24ClN3O3. The Bertz CT molecular complexity index is 1120. The number of fused-ring (bicyclic) bond motifs is 1. The van der Waals surface area contributed by atoms with E-state index in [9.17, 15) is 9.59 Å². The number of carbonyl (C=O) groups is 1. The number of carbonyl (C=O) groups excluding carboxylic acids is 1. The molecule has 30 heavy (non-hydrogen) atoms. The Morgan fingerprint density at radius 3 is 2.60 bits per heavy atom. The lowest BCUT2D eigenvalue weighted by Gasteiger charge is -2.35. The number of pyridine rings is 1. The largest absolute Gasteiger partial charge is 0.379 e. The smallest absolute Gasteiger partial charge is 0.252 e. The van der Waals surface area contributed by atoms with Gasteiger partial charge in [-0.15, -0.1) is 0 Å². The maximum Gasteiger partial charge on any atom is 0.252 e. The first-order valence-corrected chi connectivity index (χ1v) is 10.4. The van der Waals surface area contributed by atoms with E-state index in [1.54, 1.807) is 11.6 Å². The second-order valence-electron chi connectivity index (χ2n) is 7.37. The van der Waals surface area contributed by atoms with Crippen LogP contribution in [0.3, 0.4) is 0 Å². The van der Waals surface area contributed by atoms with Crippen molar-refractivity contribution in [2.75, 3.05) is 32.8 Å². The molecule has 1 N–H and O–H groups in total. The zero-order valence-electron chi connectivity index (χ0n) is 16.8. The minimum atomic E-state index is -0.269. The summed E-state index contributed by atoms with van der Waals surface area (Å²) in [6.45, 7) is 3.20. The summed E-state index contributed by atoms with van der Waals surface area (Å²) in [5.41, 5.74) is 1.87. The second kappa shape index (κ2) is 9.00. The number of morpholine rings is 1. The average molecular weight is 426 g/mol. The van der Waals surface area contributed by atoms with E-state index in [0.717, 1.165) is 29.6 Å². The average Bonchev–Trinajstić information content (AvgIpc) is 2.78. The van der Waals surface area contributed by atoms with Crippen molar-refractivity contribution in [3.8, 4) is 0 Å². The van der Waals surface area contributed by atoms with E-state index in [2.05, 4.69) is 10.2 Å². The first-order chi connectivity index (χ1) is 14.6. The summed E-state index contributed by atoms with van der Waals surface area (Å²) in [6, 6.07) is 16.4. The van der Waals surface area contributed by atoms with Crippen molar-refractivity contribution in [2.45, 2.75) is 6.04 Å². The number of halogens is 1. The lowest BCUT2D eigenvalue weighted by atomic mass is 10.0. The van der Waals surface area contributed by atoms with Crippen LogP contribution < -0.4 is 10.9 Å². The molecule has 0 aliphatic carbocycles. The molecule has 1 amide bonds. The van der Waals surface area contributed by atoms with Crippen molar-refractivity contribution in [1.29, 1.82) is 0 Å². The van der Waals surface area contributed by atoms with Crippen LogP contribution in [0.15, 0.2) is 59.4 Å². The Morgan fingerprint density at radius 1 is 1.13 bits per heavy atom. The Kier molecular flexibility index (Phi) is 6.18. The van der Waals surface area contributed by atoms with Crippen molar-refractivity contribution in [1.82, 2.24) is 14.8 Å². The lowest BCUT2D eigenvalue weighted by molar-refractivity contribution is 0.0162. The fourth-order valence-electron chi connectivity index (χ4n) is 3.95. The van der Waals surface area contributed by atoms with Gasteiger partial charge in [0, 0.05) is 43.2 Å². The van der Waals surface area contributed by atoms with Gasteiger partial charge in [0.2, 0.25) is 0 Å². The minimum Gasteiger partial charge on any atom is -0.379 e. The number of nitrogens with zero attached hydrogens (tertiary/aromatic N) is 2. The van der Waals surface area contributed by atoms with Crippen molar-refractivity contribution in [2.24, 2.45) is 7.05 Å². The Hall–Kier alpha value is -2.67. The van der Waals surface area contributed by atoms with Gasteiger partial charge in [-0.05, 0) is 17.7 Å². The van der Waals surface area contributed by atoms with E-state index in [1.165, 1.54) is 6.07 Å². The number of para-hydroxylation sites is 1. The summed E-state index contributed by atoms with van der Waals surface area (Å²) in [5.74, 6) is -0.269. The lowest BCUT2D eigenvalue weighted by Crippen LogP contribution is -2.44. The number of rotatable bonds is 5. The Morgan fingerprint density at radius 2 is 1.83 bits per heavy atom. The van der Waals surface area contributed by atoms with Gasteiger partial charge in [0.25, 0.3) is 11.5 Å². The van der Waals surface area contributed by atoms with Crippen molar-refractivity contribution >= 4 is 28.4 Å². The van der Waals surface area contributed by atoms with Crippen LogP contribution in [-0.2, 0) is 11.8 Å². The highest BCUT2D eigenvalue weighted by atomic mass is 35.5. The van der Waals surface area contributed by atoms with E-state index in [4.69, 9.17) is 16.3 Å². The summed E-state index contributed by atoms with van der Waals surface area (Å²) in [7, 11) is 1.71. The molecule has 1 atom stereocenters. The SMILES string of the molecule is Cn1c(=O)cc(C(=O)NCC(c2ccccc2Cl)N2CCOCC2)c2ccccc21. The molecule has 1 aromatic heterocycles. The van der Waals surface area contributed by atoms with E-state index in [1.807, 2.05) is 48.5 Å². The van der Waals surface area contributed by atoms with E-state index >= 15 is 0 Å². The maximum atomic E-state index is 13.1. The number of aryl methyl sites for hydroxylation is 1. The monoisotopic (exact) mass is 425 g/mol. The molecule has 3 aromatic rings. The molecule has 1 unspecified atom stereocenters. The number of nitrogens with one attached hydrogen (secondary N) is 1. The zero-order chi connectivity index (χ0) is 21.1. The van der Waals surface area contributed by atoms with Crippen LogP contribution in [-0.4, -0.2) is 48.2 Å². The predicted molar refractivity (Wildman–Crippen MR) is 118 cm³/mol. The maximum absolute atomic E-state index is 13.1. The number of hydrogen-bond donors (Lipinski definition) is 1. The number of benzene rings is 2. The van der Waals surface area contributed by atoms with Gasteiger partial charge in [0.1, 0.15) is 0 Å². The standard InChI is InChI=1S/C23H24ClN3O3/c1-26-20-9-5-3-6-16(20)18(14-22(26)28)23(29)25-15-21(27-10-12-30-13-11-27)17-7-2-4-8-19(17)24/h2-9,14,21H,10-13,15H2,1H3,(H,25,29). The van der Waals surface area contributed by atoms with Gasteiger partial charge >= 0.3 is 0 Å². The molecule has 1 aliphatic heterocycles. The van der Waals surface area contributed by atoms with Crippen LogP contribution in [0.25, 0.3) is 10.9 Å². The zero-order valence-corrected chi connectivity index (χ0v) is 17.6. The van der Waals surface area contributed by atoms with E-state index in [-0.39, 0.29) is 17.5 Å². The van der Waals surface area contributed by atoms with Crippen LogP contribution in [0.1, 0.15) is 22.0 Å². The van der Waals surface area contributed by atoms with Crippen LogP contribution in [0.4, 0.5) is 0 Å². The summed E-state index contributed by atoms with van der Waals surface area (Å²) >= 11 is 6.47. The molecule has 1 saturated heterocycles. The second-order valence-corrected chi connectivity index (χ2v) is 7.78. The molecular weight excluding hydrogens is 402 g/mol. The highest BCUT2D eigenvalue weighted by Crippen LogP contribution is 2.28. The third kappa shape index (κ3) is 4.12. The quantitative estimate of drug-likeness (QED) is 0.682. The molecule has 156 valence electrons. The Balaban J connectivity index is 1.62. The summed E-state index contributed by atoms with van der Waals surface area (Å²) < 4.78 is 7.03. The molecule has 7 heteroatoms. The van der Waals surface area contributed by atoms with Gasteiger partial charge in [-0.3, -0.25) is 14.5 Å². The molecule has 2 aromatic carbocycles. The Labute approximate surface area is 180 Å². The normalized spacial score (nSPS) is 15.8. The minimum absolute atomic E-state index is 0.0793. The molecule has 1 fully saturated rings. The van der Waals surface area contributed by atoms with Gasteiger partial charge in [-0.1, -0.05) is 48.0 Å². The third-order valence-corrected chi connectivity index (χ3v) is 5.95. The number of ether oxygens (including phenoxy) is 1. The first kappa shape index (κ1) is 20.6. The van der Waals surface area contributed by atoms with Crippen LogP contribution in [0, 0.1) is 0 Å².